The molecule has 2 aromatic carbocycles. The van der Waals surface area contributed by atoms with Crippen LogP contribution in [0.15, 0.2) is 47.4 Å². The second-order valence-electron chi connectivity index (χ2n) is 8.10. The van der Waals surface area contributed by atoms with Crippen LogP contribution in [0.3, 0.4) is 0 Å². The van der Waals surface area contributed by atoms with E-state index in [-0.39, 0.29) is 28.1 Å². The van der Waals surface area contributed by atoms with Crippen LogP contribution in [0.2, 0.25) is 0 Å². The van der Waals surface area contributed by atoms with E-state index in [9.17, 15) is 22.4 Å². The highest BCUT2D eigenvalue weighted by Gasteiger charge is 2.23. The number of ether oxygens (including phenoxy) is 1. The van der Waals surface area contributed by atoms with Gasteiger partial charge in [0, 0.05) is 6.04 Å². The van der Waals surface area contributed by atoms with Crippen molar-refractivity contribution < 1.29 is 27.1 Å². The van der Waals surface area contributed by atoms with E-state index in [4.69, 9.17) is 4.74 Å². The summed E-state index contributed by atoms with van der Waals surface area (Å²) in [6.45, 7) is 3.36. The maximum absolute atomic E-state index is 13.1. The van der Waals surface area contributed by atoms with Gasteiger partial charge in [-0.15, -0.1) is 0 Å². The van der Waals surface area contributed by atoms with E-state index in [0.717, 1.165) is 49.9 Å². The third-order valence-corrected chi connectivity index (χ3v) is 7.02. The Morgan fingerprint density at radius 3 is 2.47 bits per heavy atom. The zero-order chi connectivity index (χ0) is 23.3. The van der Waals surface area contributed by atoms with E-state index in [2.05, 4.69) is 17.0 Å². The predicted molar refractivity (Wildman–Crippen MR) is 118 cm³/mol. The molecule has 32 heavy (non-hydrogen) atoms. The summed E-state index contributed by atoms with van der Waals surface area (Å²) in [7, 11) is -3.98. The van der Waals surface area contributed by atoms with Crippen LogP contribution in [0.4, 0.5) is 10.1 Å². The number of hydrogen-bond acceptors (Lipinski definition) is 5. The van der Waals surface area contributed by atoms with Gasteiger partial charge in [0.05, 0.1) is 16.1 Å². The summed E-state index contributed by atoms with van der Waals surface area (Å²) in [5.41, 5.74) is 0.867. The van der Waals surface area contributed by atoms with Crippen molar-refractivity contribution in [3.63, 3.8) is 0 Å². The monoisotopic (exact) mass is 462 g/mol. The first-order chi connectivity index (χ1) is 15.2. The molecule has 2 N–H and O–H groups in total. The Kier molecular flexibility index (Phi) is 7.50. The number of rotatable bonds is 7. The average Bonchev–Trinajstić information content (AvgIpc) is 2.75. The van der Waals surface area contributed by atoms with Crippen LogP contribution in [0.5, 0.6) is 0 Å². The number of benzene rings is 2. The summed E-state index contributed by atoms with van der Waals surface area (Å²) in [6.07, 6.45) is 4.19. The van der Waals surface area contributed by atoms with Gasteiger partial charge in [0.15, 0.2) is 6.61 Å². The molecule has 0 unspecified atom stereocenters. The van der Waals surface area contributed by atoms with Gasteiger partial charge < -0.3 is 10.1 Å². The van der Waals surface area contributed by atoms with Crippen molar-refractivity contribution in [2.45, 2.75) is 50.5 Å². The first kappa shape index (κ1) is 23.7. The minimum atomic E-state index is -3.98. The molecular formula is C23H27FN2O5S. The smallest absolute Gasteiger partial charge is 0.338 e. The summed E-state index contributed by atoms with van der Waals surface area (Å²) in [5, 5.41) is 2.91. The molecule has 2 aromatic rings. The molecule has 1 amide bonds. The van der Waals surface area contributed by atoms with E-state index >= 15 is 0 Å². The van der Waals surface area contributed by atoms with E-state index < -0.39 is 28.4 Å². The fourth-order valence-electron chi connectivity index (χ4n) is 3.67. The molecule has 0 heterocycles. The van der Waals surface area contributed by atoms with Crippen LogP contribution >= 0.6 is 0 Å². The molecule has 3 rings (SSSR count). The van der Waals surface area contributed by atoms with Gasteiger partial charge >= 0.3 is 5.97 Å². The van der Waals surface area contributed by atoms with Gasteiger partial charge in [0.25, 0.3) is 15.9 Å². The summed E-state index contributed by atoms with van der Waals surface area (Å²) < 4.78 is 45.8. The van der Waals surface area contributed by atoms with Gasteiger partial charge in [-0.2, -0.15) is 0 Å². The molecule has 0 aromatic heterocycles. The van der Waals surface area contributed by atoms with Crippen molar-refractivity contribution in [1.29, 1.82) is 0 Å². The zero-order valence-corrected chi connectivity index (χ0v) is 18.9. The van der Waals surface area contributed by atoms with Gasteiger partial charge in [-0.3, -0.25) is 9.52 Å². The number of hydrogen-bond donors (Lipinski definition) is 2. The van der Waals surface area contributed by atoms with Gasteiger partial charge in [-0.25, -0.2) is 17.6 Å². The topological polar surface area (TPSA) is 102 Å². The van der Waals surface area contributed by atoms with Crippen LogP contribution in [-0.4, -0.2) is 32.9 Å². The average molecular weight is 463 g/mol. The molecule has 0 saturated heterocycles. The number of esters is 1. The van der Waals surface area contributed by atoms with Gasteiger partial charge in [0.1, 0.15) is 5.82 Å². The summed E-state index contributed by atoms with van der Waals surface area (Å²) in [4.78, 5) is 24.5. The highest BCUT2D eigenvalue weighted by Crippen LogP contribution is 2.24. The summed E-state index contributed by atoms with van der Waals surface area (Å²) in [6, 6.07) is 8.90. The number of anilines is 1. The largest absolute Gasteiger partial charge is 0.452 e. The molecule has 172 valence electrons. The zero-order valence-electron chi connectivity index (χ0n) is 18.1. The maximum Gasteiger partial charge on any atom is 0.338 e. The molecule has 1 aliphatic carbocycles. The predicted octanol–water partition coefficient (Wildman–Crippen LogP) is 3.79. The SMILES string of the molecule is Cc1ccc(C(=O)OCC(=O)N[C@H]2CCCC[C@H]2C)cc1NS(=O)(=O)c1ccc(F)cc1. The number of amides is 1. The van der Waals surface area contributed by atoms with Crippen LogP contribution in [0, 0.1) is 18.7 Å². The minimum absolute atomic E-state index is 0.0850. The Hall–Kier alpha value is -2.94. The highest BCUT2D eigenvalue weighted by atomic mass is 32.2. The van der Waals surface area contributed by atoms with Gasteiger partial charge in [-0.1, -0.05) is 25.8 Å². The van der Waals surface area contributed by atoms with Crippen molar-refractivity contribution >= 4 is 27.6 Å². The summed E-state index contributed by atoms with van der Waals surface area (Å²) >= 11 is 0. The molecule has 1 saturated carbocycles. The number of sulfonamides is 1. The quantitative estimate of drug-likeness (QED) is 0.610. The number of aryl methyl sites for hydroxylation is 1. The third-order valence-electron chi connectivity index (χ3n) is 5.63. The second kappa shape index (κ2) is 10.1. The van der Waals surface area contributed by atoms with E-state index in [1.165, 1.54) is 12.1 Å². The Labute approximate surface area is 187 Å². The second-order valence-corrected chi connectivity index (χ2v) is 9.78. The molecular weight excluding hydrogens is 435 g/mol. The number of carbonyl (C=O) groups is 2. The lowest BCUT2D eigenvalue weighted by atomic mass is 9.86. The van der Waals surface area contributed by atoms with E-state index in [1.54, 1.807) is 13.0 Å². The van der Waals surface area contributed by atoms with Crippen molar-refractivity contribution in [1.82, 2.24) is 5.32 Å². The summed E-state index contributed by atoms with van der Waals surface area (Å²) in [5.74, 6) is -1.26. The number of nitrogens with one attached hydrogen (secondary N) is 2. The normalized spacial score (nSPS) is 18.6. The first-order valence-electron chi connectivity index (χ1n) is 10.5. The minimum Gasteiger partial charge on any atom is -0.452 e. The van der Waals surface area contributed by atoms with E-state index in [0.29, 0.717) is 11.5 Å². The fourth-order valence-corrected chi connectivity index (χ4v) is 4.79. The first-order valence-corrected chi connectivity index (χ1v) is 12.0. The van der Waals surface area contributed by atoms with Crippen molar-refractivity contribution in [3.05, 3.63) is 59.4 Å². The Bertz CT molecular complexity index is 1090. The Morgan fingerprint density at radius 1 is 1.09 bits per heavy atom. The van der Waals surface area contributed by atoms with Crippen molar-refractivity contribution in [2.75, 3.05) is 11.3 Å². The number of carbonyl (C=O) groups excluding carboxylic acids is 2. The lowest BCUT2D eigenvalue weighted by molar-refractivity contribution is -0.125. The van der Waals surface area contributed by atoms with Crippen LogP contribution < -0.4 is 10.0 Å². The molecule has 9 heteroatoms. The number of halogens is 1. The Morgan fingerprint density at radius 2 is 1.78 bits per heavy atom. The van der Waals surface area contributed by atoms with Crippen LogP contribution in [0.1, 0.15) is 48.5 Å². The fraction of sp³-hybridized carbons (Fsp3) is 0.391. The van der Waals surface area contributed by atoms with E-state index in [1.807, 2.05) is 0 Å². The molecule has 0 spiro atoms. The molecule has 1 aliphatic rings. The molecule has 2 atom stereocenters. The molecule has 1 fully saturated rings. The van der Waals surface area contributed by atoms with Crippen molar-refractivity contribution in [2.24, 2.45) is 5.92 Å². The van der Waals surface area contributed by atoms with Crippen LogP contribution in [-0.2, 0) is 19.6 Å². The van der Waals surface area contributed by atoms with Gasteiger partial charge in [0.2, 0.25) is 0 Å². The van der Waals surface area contributed by atoms with Crippen molar-refractivity contribution in [3.8, 4) is 0 Å². The Balaban J connectivity index is 1.63. The molecule has 0 aliphatic heterocycles. The molecule has 7 nitrogen and oxygen atoms in total. The van der Waals surface area contributed by atoms with Crippen LogP contribution in [0.25, 0.3) is 0 Å². The maximum atomic E-state index is 13.1. The lowest BCUT2D eigenvalue weighted by Crippen LogP contribution is -2.42. The molecule has 0 radical (unpaired) electrons. The van der Waals surface area contributed by atoms with Gasteiger partial charge in [-0.05, 0) is 67.6 Å². The lowest BCUT2D eigenvalue weighted by Gasteiger charge is -2.29. The third kappa shape index (κ3) is 6.06. The highest BCUT2D eigenvalue weighted by molar-refractivity contribution is 7.92. The standard InChI is InChI=1S/C23H27FN2O5S/c1-15-5-3-4-6-20(15)25-22(27)14-31-23(28)17-8-7-16(2)21(13-17)26-32(29,30)19-11-9-18(24)10-12-19/h7-13,15,20,26H,3-6,14H2,1-2H3,(H,25,27)/t15-,20+/m1/s1. The molecule has 0 bridgehead atoms.